The molecule has 0 aromatic heterocycles. The van der Waals surface area contributed by atoms with Gasteiger partial charge < -0.3 is 9.84 Å². The molecule has 6 nitrogen and oxygen atoms in total. The highest BCUT2D eigenvalue weighted by atomic mass is 17.2. The summed E-state index contributed by atoms with van der Waals surface area (Å²) in [6.45, 7) is 5.78. The first kappa shape index (κ1) is 16.7. The molecule has 0 aromatic carbocycles. The topological polar surface area (TPSA) is 82.1 Å². The van der Waals surface area contributed by atoms with E-state index in [2.05, 4.69) is 6.58 Å². The van der Waals surface area contributed by atoms with Crippen molar-refractivity contribution < 1.29 is 29.2 Å². The molecule has 1 fully saturated rings. The molecule has 0 amide bonds. The number of aliphatic carboxylic acids is 1. The molecule has 1 aliphatic rings. The van der Waals surface area contributed by atoms with Crippen molar-refractivity contribution >= 4 is 11.9 Å². The molecule has 0 unspecified atom stereocenters. The highest BCUT2D eigenvalue weighted by molar-refractivity contribution is 5.86. The molecular weight excluding hydrogens is 264 g/mol. The van der Waals surface area contributed by atoms with Crippen LogP contribution in [-0.2, 0) is 24.1 Å². The number of esters is 1. The minimum Gasteiger partial charge on any atom is -0.481 e. The van der Waals surface area contributed by atoms with Crippen LogP contribution in [0.5, 0.6) is 0 Å². The fourth-order valence-corrected chi connectivity index (χ4v) is 2.07. The van der Waals surface area contributed by atoms with Crippen molar-refractivity contribution in [2.75, 3.05) is 19.8 Å². The Hall–Kier alpha value is -1.40. The van der Waals surface area contributed by atoms with Gasteiger partial charge in [-0.1, -0.05) is 6.58 Å². The van der Waals surface area contributed by atoms with Crippen LogP contribution in [0.2, 0.25) is 0 Å². The van der Waals surface area contributed by atoms with Crippen LogP contribution in [0.4, 0.5) is 0 Å². The Morgan fingerprint density at radius 1 is 1.15 bits per heavy atom. The zero-order valence-corrected chi connectivity index (χ0v) is 11.8. The van der Waals surface area contributed by atoms with E-state index in [9.17, 15) is 9.59 Å². The normalized spacial score (nSPS) is 22.2. The molecule has 1 rings (SSSR count). The van der Waals surface area contributed by atoms with Crippen LogP contribution in [0, 0.1) is 11.8 Å². The number of carbonyl (C=O) groups is 2. The summed E-state index contributed by atoms with van der Waals surface area (Å²) in [5, 5.41) is 8.88. The summed E-state index contributed by atoms with van der Waals surface area (Å²) in [6.07, 6.45) is 3.06. The maximum atomic E-state index is 11.0. The van der Waals surface area contributed by atoms with Gasteiger partial charge in [0.2, 0.25) is 0 Å². The molecule has 1 N–H and O–H groups in total. The Morgan fingerprint density at radius 2 is 1.80 bits per heavy atom. The van der Waals surface area contributed by atoms with Crippen molar-refractivity contribution in [3.05, 3.63) is 12.2 Å². The van der Waals surface area contributed by atoms with Crippen molar-refractivity contribution in [3.63, 3.8) is 0 Å². The van der Waals surface area contributed by atoms with E-state index >= 15 is 0 Å². The smallest absolute Gasteiger partial charge is 0.333 e. The van der Waals surface area contributed by atoms with Gasteiger partial charge in [0.15, 0.2) is 0 Å². The molecule has 0 heterocycles. The van der Waals surface area contributed by atoms with E-state index in [-0.39, 0.29) is 19.1 Å². The molecule has 20 heavy (non-hydrogen) atoms. The minimum absolute atomic E-state index is 0.122. The molecule has 0 spiro atoms. The second kappa shape index (κ2) is 8.71. The average Bonchev–Trinajstić information content (AvgIpc) is 2.42. The first-order valence-electron chi connectivity index (χ1n) is 6.80. The van der Waals surface area contributed by atoms with E-state index in [1.165, 1.54) is 0 Å². The lowest BCUT2D eigenvalue weighted by Crippen LogP contribution is -2.24. The van der Waals surface area contributed by atoms with E-state index in [0.717, 1.165) is 12.8 Å². The lowest BCUT2D eigenvalue weighted by atomic mass is 9.82. The molecule has 0 aromatic rings. The maximum Gasteiger partial charge on any atom is 0.333 e. The highest BCUT2D eigenvalue weighted by Gasteiger charge is 2.26. The van der Waals surface area contributed by atoms with Gasteiger partial charge in [-0.2, -0.15) is 0 Å². The fraction of sp³-hybridized carbons (Fsp3) is 0.714. The predicted octanol–water partition coefficient (Wildman–Crippen LogP) is 1.94. The van der Waals surface area contributed by atoms with Crippen LogP contribution in [0.15, 0.2) is 12.2 Å². The minimum atomic E-state index is -0.708. The predicted molar refractivity (Wildman–Crippen MR) is 70.8 cm³/mol. The number of carboxylic acids is 1. The molecule has 0 aliphatic heterocycles. The number of rotatable bonds is 8. The number of carbonyl (C=O) groups excluding carboxylic acids is 1. The third-order valence-electron chi connectivity index (χ3n) is 3.33. The van der Waals surface area contributed by atoms with Crippen LogP contribution in [-0.4, -0.2) is 36.9 Å². The Bertz CT molecular complexity index is 344. The summed E-state index contributed by atoms with van der Waals surface area (Å²) >= 11 is 0. The third kappa shape index (κ3) is 6.16. The van der Waals surface area contributed by atoms with Crippen LogP contribution in [0.3, 0.4) is 0 Å². The Morgan fingerprint density at radius 3 is 2.35 bits per heavy atom. The monoisotopic (exact) mass is 286 g/mol. The second-order valence-corrected chi connectivity index (χ2v) is 5.08. The summed E-state index contributed by atoms with van der Waals surface area (Å²) in [4.78, 5) is 31.8. The largest absolute Gasteiger partial charge is 0.481 e. The molecule has 1 aliphatic carbocycles. The Balaban J connectivity index is 1.99. The summed E-state index contributed by atoms with van der Waals surface area (Å²) in [5.41, 5.74) is 0.348. The first-order chi connectivity index (χ1) is 9.50. The molecule has 6 heteroatoms. The van der Waals surface area contributed by atoms with E-state index < -0.39 is 11.9 Å². The highest BCUT2D eigenvalue weighted by Crippen LogP contribution is 2.28. The van der Waals surface area contributed by atoms with Crippen molar-refractivity contribution in [1.82, 2.24) is 0 Å². The lowest BCUT2D eigenvalue weighted by Gasteiger charge is -2.25. The van der Waals surface area contributed by atoms with Gasteiger partial charge in [-0.3, -0.25) is 4.79 Å². The molecule has 1 saturated carbocycles. The molecule has 0 atom stereocenters. The summed E-state index contributed by atoms with van der Waals surface area (Å²) in [5.74, 6) is -1.03. The van der Waals surface area contributed by atoms with Crippen molar-refractivity contribution in [2.45, 2.75) is 32.6 Å². The van der Waals surface area contributed by atoms with Crippen LogP contribution in [0.25, 0.3) is 0 Å². The van der Waals surface area contributed by atoms with Crippen LogP contribution in [0.1, 0.15) is 32.6 Å². The molecule has 114 valence electrons. The second-order valence-electron chi connectivity index (χ2n) is 5.08. The standard InChI is InChI=1S/C14H22O6/c1-10(2)14(17)18-7-8-19-20-9-11-3-5-12(6-4-11)13(15)16/h11-12H,1,3-9H2,2H3,(H,15,16). The number of hydrogen-bond acceptors (Lipinski definition) is 5. The van der Waals surface area contributed by atoms with Gasteiger partial charge in [0.25, 0.3) is 0 Å². The quantitative estimate of drug-likeness (QED) is 0.241. The van der Waals surface area contributed by atoms with Crippen molar-refractivity contribution in [3.8, 4) is 0 Å². The maximum absolute atomic E-state index is 11.0. The molecular formula is C14H22O6. The molecule has 0 bridgehead atoms. The zero-order chi connectivity index (χ0) is 15.0. The van der Waals surface area contributed by atoms with E-state index in [0.29, 0.717) is 30.9 Å². The van der Waals surface area contributed by atoms with Gasteiger partial charge in [-0.05, 0) is 38.5 Å². The van der Waals surface area contributed by atoms with E-state index in [4.69, 9.17) is 19.6 Å². The van der Waals surface area contributed by atoms with Crippen molar-refractivity contribution in [1.29, 1.82) is 0 Å². The van der Waals surface area contributed by atoms with Gasteiger partial charge in [0, 0.05) is 5.57 Å². The number of carboxylic acid groups (broad SMARTS) is 1. The van der Waals surface area contributed by atoms with Crippen LogP contribution < -0.4 is 0 Å². The first-order valence-corrected chi connectivity index (χ1v) is 6.80. The van der Waals surface area contributed by atoms with Gasteiger partial charge in [0.05, 0.1) is 12.5 Å². The summed E-state index contributed by atoms with van der Waals surface area (Å²) < 4.78 is 4.83. The van der Waals surface area contributed by atoms with Gasteiger partial charge in [-0.15, -0.1) is 0 Å². The summed E-state index contributed by atoms with van der Waals surface area (Å²) in [7, 11) is 0. The van der Waals surface area contributed by atoms with Crippen LogP contribution >= 0.6 is 0 Å². The molecule has 0 saturated heterocycles. The fourth-order valence-electron chi connectivity index (χ4n) is 2.07. The van der Waals surface area contributed by atoms with Gasteiger partial charge in [-0.25, -0.2) is 14.6 Å². The SMILES string of the molecule is C=C(C)C(=O)OCCOOCC1CCC(C(=O)O)CC1. The third-order valence-corrected chi connectivity index (χ3v) is 3.33. The Kier molecular flexibility index (Phi) is 7.25. The number of hydrogen-bond donors (Lipinski definition) is 1. The van der Waals surface area contributed by atoms with Crippen molar-refractivity contribution in [2.24, 2.45) is 11.8 Å². The van der Waals surface area contributed by atoms with E-state index in [1.807, 2.05) is 0 Å². The van der Waals surface area contributed by atoms with Gasteiger partial charge in [0.1, 0.15) is 13.2 Å². The molecule has 0 radical (unpaired) electrons. The summed E-state index contributed by atoms with van der Waals surface area (Å²) in [6, 6.07) is 0. The lowest BCUT2D eigenvalue weighted by molar-refractivity contribution is -0.305. The Labute approximate surface area is 118 Å². The van der Waals surface area contributed by atoms with Gasteiger partial charge >= 0.3 is 11.9 Å². The van der Waals surface area contributed by atoms with E-state index in [1.54, 1.807) is 6.92 Å². The zero-order valence-electron chi connectivity index (χ0n) is 11.8. The average molecular weight is 286 g/mol. The number of ether oxygens (including phenoxy) is 1.